The summed E-state index contributed by atoms with van der Waals surface area (Å²) >= 11 is 0. The van der Waals surface area contributed by atoms with Crippen LogP contribution in [0.3, 0.4) is 0 Å². The Morgan fingerprint density at radius 2 is 1.62 bits per heavy atom. The lowest BCUT2D eigenvalue weighted by Gasteiger charge is -2.39. The van der Waals surface area contributed by atoms with Crippen LogP contribution in [0, 0.1) is 0 Å². The molecule has 110 valence electrons. The highest BCUT2D eigenvalue weighted by molar-refractivity contribution is 7.92. The van der Waals surface area contributed by atoms with Crippen LogP contribution in [0.4, 0.5) is 5.69 Å². The largest absolute Gasteiger partial charge is 0.484 e. The van der Waals surface area contributed by atoms with Crippen LogP contribution in [0.25, 0.3) is 0 Å². The van der Waals surface area contributed by atoms with E-state index in [1.54, 1.807) is 42.5 Å². The Balaban J connectivity index is 2.14. The molecule has 0 spiro atoms. The fourth-order valence-corrected chi connectivity index (χ4v) is 4.09. The molecule has 0 aliphatic carbocycles. The second-order valence-electron chi connectivity index (χ2n) is 5.65. The van der Waals surface area contributed by atoms with Crippen LogP contribution < -0.4 is 9.04 Å². The summed E-state index contributed by atoms with van der Waals surface area (Å²) in [5, 5.41) is 0. The standard InChI is InChI=1S/C16H17NO3S/c1-16(2)12-17(14-10-6-7-11-15(14)20-16)21(18,19)13-8-4-3-5-9-13/h3-11H,12H2,1-2H3. The molecule has 0 saturated heterocycles. The Hall–Kier alpha value is -2.01. The third-order valence-electron chi connectivity index (χ3n) is 3.38. The van der Waals surface area contributed by atoms with Crippen molar-refractivity contribution < 1.29 is 13.2 Å². The van der Waals surface area contributed by atoms with Gasteiger partial charge in [-0.25, -0.2) is 8.42 Å². The van der Waals surface area contributed by atoms with Gasteiger partial charge in [0.25, 0.3) is 10.0 Å². The van der Waals surface area contributed by atoms with Gasteiger partial charge in [-0.1, -0.05) is 30.3 Å². The number of anilines is 1. The molecule has 2 aromatic carbocycles. The number of sulfonamides is 1. The van der Waals surface area contributed by atoms with Crippen molar-refractivity contribution >= 4 is 15.7 Å². The summed E-state index contributed by atoms with van der Waals surface area (Å²) in [5.41, 5.74) is 0.0108. The minimum absolute atomic E-state index is 0.279. The Bertz CT molecular complexity index is 754. The molecule has 0 fully saturated rings. The van der Waals surface area contributed by atoms with E-state index in [0.717, 1.165) is 0 Å². The summed E-state index contributed by atoms with van der Waals surface area (Å²) in [6.45, 7) is 4.05. The maximum Gasteiger partial charge on any atom is 0.264 e. The van der Waals surface area contributed by atoms with Crippen LogP contribution in [0.1, 0.15) is 13.8 Å². The average molecular weight is 303 g/mol. The Kier molecular flexibility index (Phi) is 3.17. The first-order valence-electron chi connectivity index (χ1n) is 6.76. The lowest BCUT2D eigenvalue weighted by atomic mass is 10.1. The first kappa shape index (κ1) is 13.9. The van der Waals surface area contributed by atoms with E-state index < -0.39 is 15.6 Å². The highest BCUT2D eigenvalue weighted by Gasteiger charge is 2.38. The summed E-state index contributed by atoms with van der Waals surface area (Å²) < 4.78 is 33.1. The zero-order valence-corrected chi connectivity index (χ0v) is 12.8. The number of para-hydroxylation sites is 2. The third-order valence-corrected chi connectivity index (χ3v) is 5.15. The predicted molar refractivity (Wildman–Crippen MR) is 82.1 cm³/mol. The van der Waals surface area contributed by atoms with Gasteiger partial charge in [-0.2, -0.15) is 0 Å². The van der Waals surface area contributed by atoms with Gasteiger partial charge in [-0.05, 0) is 38.1 Å². The van der Waals surface area contributed by atoms with E-state index in [2.05, 4.69) is 0 Å². The molecule has 21 heavy (non-hydrogen) atoms. The van der Waals surface area contributed by atoms with Gasteiger partial charge in [0.15, 0.2) is 0 Å². The van der Waals surface area contributed by atoms with Crippen LogP contribution >= 0.6 is 0 Å². The predicted octanol–water partition coefficient (Wildman–Crippen LogP) is 3.05. The first-order chi connectivity index (χ1) is 9.90. The molecule has 0 unspecified atom stereocenters. The normalized spacial score (nSPS) is 17.0. The van der Waals surface area contributed by atoms with Crippen LogP contribution in [-0.2, 0) is 10.0 Å². The minimum Gasteiger partial charge on any atom is -0.484 e. The third kappa shape index (κ3) is 2.49. The van der Waals surface area contributed by atoms with E-state index in [4.69, 9.17) is 4.74 Å². The minimum atomic E-state index is -3.59. The molecular weight excluding hydrogens is 286 g/mol. The van der Waals surface area contributed by atoms with E-state index in [0.29, 0.717) is 11.4 Å². The summed E-state index contributed by atoms with van der Waals surface area (Å²) in [4.78, 5) is 0.289. The smallest absolute Gasteiger partial charge is 0.264 e. The van der Waals surface area contributed by atoms with Gasteiger partial charge in [0.2, 0.25) is 0 Å². The number of fused-ring (bicyclic) bond motifs is 1. The van der Waals surface area contributed by atoms with E-state index in [-0.39, 0.29) is 11.4 Å². The van der Waals surface area contributed by atoms with Crippen molar-refractivity contribution in [2.24, 2.45) is 0 Å². The molecule has 3 rings (SSSR count). The highest BCUT2D eigenvalue weighted by atomic mass is 32.2. The van der Waals surface area contributed by atoms with Crippen molar-refractivity contribution in [2.45, 2.75) is 24.3 Å². The molecule has 1 aliphatic heterocycles. The summed E-state index contributed by atoms with van der Waals surface area (Å²) in [7, 11) is -3.59. The van der Waals surface area contributed by atoms with Crippen molar-refractivity contribution in [3.8, 4) is 5.75 Å². The molecule has 5 heteroatoms. The fraction of sp³-hybridized carbons (Fsp3) is 0.250. The van der Waals surface area contributed by atoms with Gasteiger partial charge >= 0.3 is 0 Å². The molecule has 4 nitrogen and oxygen atoms in total. The molecule has 0 saturated carbocycles. The topological polar surface area (TPSA) is 46.6 Å². The zero-order valence-electron chi connectivity index (χ0n) is 12.0. The summed E-state index contributed by atoms with van der Waals surface area (Å²) in [6, 6.07) is 15.7. The second-order valence-corrected chi connectivity index (χ2v) is 7.52. The van der Waals surface area contributed by atoms with Crippen LogP contribution in [0.2, 0.25) is 0 Å². The van der Waals surface area contributed by atoms with E-state index in [1.165, 1.54) is 4.31 Å². The first-order valence-corrected chi connectivity index (χ1v) is 8.20. The number of hydrogen-bond donors (Lipinski definition) is 0. The van der Waals surface area contributed by atoms with E-state index in [9.17, 15) is 8.42 Å². The molecular formula is C16H17NO3S. The lowest BCUT2D eigenvalue weighted by molar-refractivity contribution is 0.110. The molecule has 0 atom stereocenters. The van der Waals surface area contributed by atoms with Gasteiger partial charge in [0, 0.05) is 0 Å². The molecule has 2 aromatic rings. The maximum atomic E-state index is 12.9. The number of rotatable bonds is 2. The molecule has 0 bridgehead atoms. The number of ether oxygens (including phenoxy) is 1. The van der Waals surface area contributed by atoms with Crippen molar-refractivity contribution in [3.05, 3.63) is 54.6 Å². The Morgan fingerprint density at radius 3 is 2.33 bits per heavy atom. The molecule has 0 radical (unpaired) electrons. The van der Waals surface area contributed by atoms with Gasteiger partial charge in [0.05, 0.1) is 17.1 Å². The SMILES string of the molecule is CC1(C)CN(S(=O)(=O)c2ccccc2)c2ccccc2O1. The molecule has 1 heterocycles. The maximum absolute atomic E-state index is 12.9. The van der Waals surface area contributed by atoms with Gasteiger partial charge < -0.3 is 4.74 Å². The fourth-order valence-electron chi connectivity index (χ4n) is 2.44. The summed E-state index contributed by atoms with van der Waals surface area (Å²) in [6.07, 6.45) is 0. The Labute approximate surface area is 125 Å². The monoisotopic (exact) mass is 303 g/mol. The van der Waals surface area contributed by atoms with E-state index in [1.807, 2.05) is 26.0 Å². The van der Waals surface area contributed by atoms with Gasteiger partial charge in [-0.15, -0.1) is 0 Å². The quantitative estimate of drug-likeness (QED) is 0.856. The molecule has 1 aliphatic rings. The van der Waals surface area contributed by atoms with Gasteiger partial charge in [-0.3, -0.25) is 4.31 Å². The average Bonchev–Trinajstić information content (AvgIpc) is 2.46. The lowest BCUT2D eigenvalue weighted by Crippen LogP contribution is -2.49. The second kappa shape index (κ2) is 4.77. The highest BCUT2D eigenvalue weighted by Crippen LogP contribution is 2.39. The van der Waals surface area contributed by atoms with Crippen molar-refractivity contribution in [2.75, 3.05) is 10.8 Å². The zero-order chi connectivity index (χ0) is 15.1. The number of benzene rings is 2. The van der Waals surface area contributed by atoms with Crippen molar-refractivity contribution in [1.29, 1.82) is 0 Å². The summed E-state index contributed by atoms with van der Waals surface area (Å²) in [5.74, 6) is 0.591. The van der Waals surface area contributed by atoms with Crippen LogP contribution in [0.15, 0.2) is 59.5 Å². The molecule has 0 amide bonds. The van der Waals surface area contributed by atoms with Crippen molar-refractivity contribution in [3.63, 3.8) is 0 Å². The van der Waals surface area contributed by atoms with Crippen LogP contribution in [0.5, 0.6) is 5.75 Å². The van der Waals surface area contributed by atoms with Gasteiger partial charge in [0.1, 0.15) is 11.4 Å². The molecule has 0 aromatic heterocycles. The van der Waals surface area contributed by atoms with Crippen molar-refractivity contribution in [1.82, 2.24) is 0 Å². The number of nitrogens with zero attached hydrogens (tertiary/aromatic N) is 1. The number of hydrogen-bond acceptors (Lipinski definition) is 3. The van der Waals surface area contributed by atoms with Crippen LogP contribution in [-0.4, -0.2) is 20.6 Å². The molecule has 0 N–H and O–H groups in total. The van der Waals surface area contributed by atoms with E-state index >= 15 is 0 Å². The Morgan fingerprint density at radius 1 is 1.00 bits per heavy atom.